The Balaban J connectivity index is 2.03. The SMILES string of the molecule is Cc1cc2ccc(NS(=O)(=O)c3ccccc3Cl)cc2[nH]c1=O. The van der Waals surface area contributed by atoms with Gasteiger partial charge in [-0.1, -0.05) is 29.8 Å². The van der Waals surface area contributed by atoms with E-state index in [9.17, 15) is 13.2 Å². The summed E-state index contributed by atoms with van der Waals surface area (Å²) in [5, 5.41) is 0.965. The van der Waals surface area contributed by atoms with Crippen molar-refractivity contribution in [3.63, 3.8) is 0 Å². The van der Waals surface area contributed by atoms with Gasteiger partial charge in [0.05, 0.1) is 16.2 Å². The molecule has 0 bridgehead atoms. The van der Waals surface area contributed by atoms with Crippen molar-refractivity contribution in [2.75, 3.05) is 4.72 Å². The molecule has 5 nitrogen and oxygen atoms in total. The number of pyridine rings is 1. The Kier molecular flexibility index (Phi) is 3.87. The summed E-state index contributed by atoms with van der Waals surface area (Å²) in [6.45, 7) is 1.71. The van der Waals surface area contributed by atoms with E-state index in [2.05, 4.69) is 9.71 Å². The molecule has 0 amide bonds. The van der Waals surface area contributed by atoms with Crippen LogP contribution in [0.1, 0.15) is 5.56 Å². The Labute approximate surface area is 138 Å². The third kappa shape index (κ3) is 3.09. The zero-order valence-corrected chi connectivity index (χ0v) is 13.7. The number of benzene rings is 2. The van der Waals surface area contributed by atoms with Gasteiger partial charge in [-0.05, 0) is 42.6 Å². The number of rotatable bonds is 3. The van der Waals surface area contributed by atoms with E-state index in [1.165, 1.54) is 12.1 Å². The first kappa shape index (κ1) is 15.6. The van der Waals surface area contributed by atoms with E-state index in [-0.39, 0.29) is 15.5 Å². The van der Waals surface area contributed by atoms with Gasteiger partial charge >= 0.3 is 0 Å². The van der Waals surface area contributed by atoms with Crippen molar-refractivity contribution in [1.29, 1.82) is 0 Å². The number of nitrogens with one attached hydrogen (secondary N) is 2. The number of aromatic nitrogens is 1. The average Bonchev–Trinajstić information content (AvgIpc) is 2.48. The average molecular weight is 349 g/mol. The summed E-state index contributed by atoms with van der Waals surface area (Å²) in [6.07, 6.45) is 0. The zero-order chi connectivity index (χ0) is 16.6. The predicted molar refractivity (Wildman–Crippen MR) is 91.6 cm³/mol. The van der Waals surface area contributed by atoms with Crippen LogP contribution in [0.15, 0.2) is 58.2 Å². The molecule has 0 saturated carbocycles. The van der Waals surface area contributed by atoms with Crippen LogP contribution in [0.2, 0.25) is 5.02 Å². The monoisotopic (exact) mass is 348 g/mol. The summed E-state index contributed by atoms with van der Waals surface area (Å²) < 4.78 is 27.3. The molecule has 0 atom stereocenters. The maximum absolute atomic E-state index is 12.4. The summed E-state index contributed by atoms with van der Waals surface area (Å²) in [6, 6.07) is 12.9. The van der Waals surface area contributed by atoms with Gasteiger partial charge in [-0.3, -0.25) is 9.52 Å². The van der Waals surface area contributed by atoms with E-state index < -0.39 is 10.0 Å². The van der Waals surface area contributed by atoms with Gasteiger partial charge in [-0.25, -0.2) is 8.42 Å². The molecule has 3 aromatic rings. The van der Waals surface area contributed by atoms with Crippen LogP contribution < -0.4 is 10.3 Å². The second-order valence-electron chi connectivity index (χ2n) is 5.12. The molecular formula is C16H13ClN2O3S. The molecule has 0 aliphatic rings. The van der Waals surface area contributed by atoms with Crippen molar-refractivity contribution in [2.24, 2.45) is 0 Å². The third-order valence-corrected chi connectivity index (χ3v) is 5.29. The maximum atomic E-state index is 12.4. The molecular weight excluding hydrogens is 336 g/mol. The minimum atomic E-state index is -3.80. The van der Waals surface area contributed by atoms with Crippen LogP contribution in [-0.4, -0.2) is 13.4 Å². The number of halogens is 1. The molecule has 7 heteroatoms. The lowest BCUT2D eigenvalue weighted by atomic mass is 10.1. The number of aryl methyl sites for hydroxylation is 1. The lowest BCUT2D eigenvalue weighted by Crippen LogP contribution is -2.14. The number of anilines is 1. The Morgan fingerprint density at radius 2 is 1.83 bits per heavy atom. The fraction of sp³-hybridized carbons (Fsp3) is 0.0625. The first-order valence-electron chi connectivity index (χ1n) is 6.78. The third-order valence-electron chi connectivity index (χ3n) is 3.41. The summed E-state index contributed by atoms with van der Waals surface area (Å²) in [5.74, 6) is 0. The van der Waals surface area contributed by atoms with Crippen molar-refractivity contribution in [2.45, 2.75) is 11.8 Å². The van der Waals surface area contributed by atoms with Gasteiger partial charge in [0.15, 0.2) is 0 Å². The fourth-order valence-electron chi connectivity index (χ4n) is 2.25. The maximum Gasteiger partial charge on any atom is 0.263 e. The van der Waals surface area contributed by atoms with E-state index in [4.69, 9.17) is 11.6 Å². The smallest absolute Gasteiger partial charge is 0.263 e. The van der Waals surface area contributed by atoms with Gasteiger partial charge in [0.25, 0.3) is 15.6 Å². The summed E-state index contributed by atoms with van der Waals surface area (Å²) in [7, 11) is -3.80. The van der Waals surface area contributed by atoms with E-state index >= 15 is 0 Å². The highest BCUT2D eigenvalue weighted by atomic mass is 35.5. The van der Waals surface area contributed by atoms with Gasteiger partial charge < -0.3 is 4.98 Å². The van der Waals surface area contributed by atoms with Gasteiger partial charge in [-0.2, -0.15) is 0 Å². The Morgan fingerprint density at radius 3 is 2.57 bits per heavy atom. The van der Waals surface area contributed by atoms with E-state index in [1.807, 2.05) is 0 Å². The number of sulfonamides is 1. The van der Waals surface area contributed by atoms with Crippen LogP contribution in [0.25, 0.3) is 10.9 Å². The van der Waals surface area contributed by atoms with Gasteiger partial charge in [-0.15, -0.1) is 0 Å². The van der Waals surface area contributed by atoms with Crippen LogP contribution in [-0.2, 0) is 10.0 Å². The molecule has 1 aromatic heterocycles. The number of hydrogen-bond donors (Lipinski definition) is 2. The number of fused-ring (bicyclic) bond motifs is 1. The van der Waals surface area contributed by atoms with E-state index in [0.29, 0.717) is 16.8 Å². The van der Waals surface area contributed by atoms with Crippen LogP contribution in [0.4, 0.5) is 5.69 Å². The quantitative estimate of drug-likeness (QED) is 0.762. The van der Waals surface area contributed by atoms with Crippen molar-refractivity contribution in [1.82, 2.24) is 4.98 Å². The molecule has 3 rings (SSSR count). The highest BCUT2D eigenvalue weighted by Gasteiger charge is 2.17. The molecule has 2 N–H and O–H groups in total. The van der Waals surface area contributed by atoms with Crippen LogP contribution in [0.5, 0.6) is 0 Å². The van der Waals surface area contributed by atoms with Crippen LogP contribution in [0.3, 0.4) is 0 Å². The first-order chi connectivity index (χ1) is 10.9. The molecule has 0 fully saturated rings. The second kappa shape index (κ2) is 5.72. The first-order valence-corrected chi connectivity index (χ1v) is 8.64. The molecule has 0 aliphatic carbocycles. The van der Waals surface area contributed by atoms with E-state index in [1.54, 1.807) is 43.3 Å². The number of aromatic amines is 1. The molecule has 118 valence electrons. The lowest BCUT2D eigenvalue weighted by Gasteiger charge is -2.10. The number of H-pyrrole nitrogens is 1. The molecule has 23 heavy (non-hydrogen) atoms. The minimum Gasteiger partial charge on any atom is -0.322 e. The standard InChI is InChI=1S/C16H13ClN2O3S/c1-10-8-11-6-7-12(9-14(11)18-16(10)20)19-23(21,22)15-5-3-2-4-13(15)17/h2-9,19H,1H3,(H,18,20). The lowest BCUT2D eigenvalue weighted by molar-refractivity contribution is 0.601. The predicted octanol–water partition coefficient (Wildman–Crippen LogP) is 3.29. The minimum absolute atomic E-state index is 0.000775. The van der Waals surface area contributed by atoms with Crippen molar-refractivity contribution in [3.8, 4) is 0 Å². The molecule has 0 saturated heterocycles. The summed E-state index contributed by atoms with van der Waals surface area (Å²) in [4.78, 5) is 14.4. The molecule has 0 aliphatic heterocycles. The highest BCUT2D eigenvalue weighted by molar-refractivity contribution is 7.92. The number of hydrogen-bond acceptors (Lipinski definition) is 3. The Bertz CT molecular complexity index is 1060. The largest absolute Gasteiger partial charge is 0.322 e. The van der Waals surface area contributed by atoms with Gasteiger partial charge in [0, 0.05) is 5.56 Å². The van der Waals surface area contributed by atoms with E-state index in [0.717, 1.165) is 5.39 Å². The van der Waals surface area contributed by atoms with Crippen molar-refractivity contribution < 1.29 is 8.42 Å². The second-order valence-corrected chi connectivity index (χ2v) is 7.18. The van der Waals surface area contributed by atoms with Crippen LogP contribution >= 0.6 is 11.6 Å². The zero-order valence-electron chi connectivity index (χ0n) is 12.1. The molecule has 0 unspecified atom stereocenters. The molecule has 2 aromatic carbocycles. The highest BCUT2D eigenvalue weighted by Crippen LogP contribution is 2.24. The molecule has 0 radical (unpaired) electrons. The Morgan fingerprint density at radius 1 is 1.09 bits per heavy atom. The van der Waals surface area contributed by atoms with Gasteiger partial charge in [0.1, 0.15) is 4.90 Å². The molecule has 0 spiro atoms. The van der Waals surface area contributed by atoms with Crippen molar-refractivity contribution in [3.05, 3.63) is 69.5 Å². The fourth-order valence-corrected chi connectivity index (χ4v) is 3.82. The Hall–Kier alpha value is -2.31. The molecule has 1 heterocycles. The van der Waals surface area contributed by atoms with Crippen molar-refractivity contribution >= 4 is 38.2 Å². The van der Waals surface area contributed by atoms with Crippen LogP contribution in [0, 0.1) is 6.92 Å². The summed E-state index contributed by atoms with van der Waals surface area (Å²) in [5.41, 5.74) is 1.29. The summed E-state index contributed by atoms with van der Waals surface area (Å²) >= 11 is 5.94. The normalized spacial score (nSPS) is 11.6. The topological polar surface area (TPSA) is 79.0 Å². The van der Waals surface area contributed by atoms with Gasteiger partial charge in [0.2, 0.25) is 0 Å².